The van der Waals surface area contributed by atoms with Crippen LogP contribution in [0.2, 0.25) is 0 Å². The van der Waals surface area contributed by atoms with Gasteiger partial charge in [0, 0.05) is 21.0 Å². The van der Waals surface area contributed by atoms with E-state index in [9.17, 15) is 4.79 Å². The molecule has 2 aliphatic carbocycles. The molecular weight excluding hydrogens is 472 g/mol. The molecule has 0 aromatic heterocycles. The molecule has 184 valence electrons. The minimum atomic E-state index is -0.0474. The second kappa shape index (κ2) is 9.42. The Kier molecular flexibility index (Phi) is 5.78. The fourth-order valence-electron chi connectivity index (χ4n) is 7.09. The summed E-state index contributed by atoms with van der Waals surface area (Å²) in [5, 5.41) is 7.09. The maximum absolute atomic E-state index is 13.5. The fraction of sp³-hybridized carbons (Fsp3) is 0.242. The van der Waals surface area contributed by atoms with Crippen molar-refractivity contribution in [2.75, 3.05) is 10.6 Å². The maximum atomic E-state index is 13.5. The van der Waals surface area contributed by atoms with Gasteiger partial charge < -0.3 is 10.6 Å². The van der Waals surface area contributed by atoms with E-state index in [0.29, 0.717) is 17.9 Å². The molecule has 2 saturated carbocycles. The normalized spacial score (nSPS) is 25.1. The van der Waals surface area contributed by atoms with E-state index in [1.807, 2.05) is 42.5 Å². The van der Waals surface area contributed by atoms with Crippen molar-refractivity contribution in [1.82, 2.24) is 0 Å². The van der Waals surface area contributed by atoms with Crippen molar-refractivity contribution in [3.8, 4) is 0 Å². The number of amides is 1. The van der Waals surface area contributed by atoms with Gasteiger partial charge in [-0.1, -0.05) is 72.4 Å². The predicted octanol–water partition coefficient (Wildman–Crippen LogP) is 8.39. The van der Waals surface area contributed by atoms with Crippen LogP contribution in [0.1, 0.15) is 52.7 Å². The monoisotopic (exact) mass is 502 g/mol. The molecule has 1 heterocycles. The Morgan fingerprint density at radius 1 is 0.811 bits per heavy atom. The van der Waals surface area contributed by atoms with E-state index >= 15 is 0 Å². The van der Waals surface area contributed by atoms with Crippen molar-refractivity contribution >= 4 is 29.0 Å². The van der Waals surface area contributed by atoms with E-state index in [4.69, 9.17) is 0 Å². The number of carbonyl (C=O) groups excluding carboxylic acids is 1. The molecule has 2 bridgehead atoms. The number of benzene rings is 4. The molecule has 2 fully saturated rings. The van der Waals surface area contributed by atoms with Gasteiger partial charge in [-0.05, 0) is 96.5 Å². The first-order valence-corrected chi connectivity index (χ1v) is 14.1. The number of para-hydroxylation sites is 1. The molecule has 1 aliphatic heterocycles. The largest absolute Gasteiger partial charge is 0.378 e. The topological polar surface area (TPSA) is 41.1 Å². The Morgan fingerprint density at radius 3 is 2.38 bits per heavy atom. The van der Waals surface area contributed by atoms with E-state index < -0.39 is 0 Å². The summed E-state index contributed by atoms with van der Waals surface area (Å²) in [7, 11) is 0. The highest BCUT2D eigenvalue weighted by atomic mass is 32.2. The standard InChI is InChI=1S/C33H30N2OS/c36-33(35-28-13-7-8-14-29(28)37-25-11-5-2-6-12-25)24-17-18-27-26(20-24)30-22-15-16-23(19-22)31(30)32(34-27)21-9-3-1-4-10-21/h1-14,17-18,20,22-23,30-32,34H,15-16,19H2,(H,35,36)/t22-,23-,30-,31+,32+/m0/s1. The Balaban J connectivity index is 1.18. The van der Waals surface area contributed by atoms with Gasteiger partial charge in [0.15, 0.2) is 0 Å². The summed E-state index contributed by atoms with van der Waals surface area (Å²) >= 11 is 1.67. The minimum Gasteiger partial charge on any atom is -0.378 e. The molecule has 3 aliphatic rings. The number of anilines is 2. The van der Waals surface area contributed by atoms with Crippen LogP contribution in [0.5, 0.6) is 0 Å². The molecule has 0 spiro atoms. The van der Waals surface area contributed by atoms with Crippen LogP contribution < -0.4 is 10.6 Å². The van der Waals surface area contributed by atoms with Crippen LogP contribution in [0.3, 0.4) is 0 Å². The summed E-state index contributed by atoms with van der Waals surface area (Å²) in [5.74, 6) is 2.56. The lowest BCUT2D eigenvalue weighted by Crippen LogP contribution is -2.35. The summed E-state index contributed by atoms with van der Waals surface area (Å²) < 4.78 is 0. The van der Waals surface area contributed by atoms with Crippen molar-refractivity contribution < 1.29 is 4.79 Å². The molecule has 0 saturated heterocycles. The number of nitrogens with one attached hydrogen (secondary N) is 2. The quantitative estimate of drug-likeness (QED) is 0.288. The Labute approximate surface area is 222 Å². The molecule has 5 atom stereocenters. The number of fused-ring (bicyclic) bond motifs is 7. The summed E-state index contributed by atoms with van der Waals surface area (Å²) in [6.45, 7) is 0. The van der Waals surface area contributed by atoms with Gasteiger partial charge in [0.05, 0.1) is 11.7 Å². The minimum absolute atomic E-state index is 0.0474. The van der Waals surface area contributed by atoms with E-state index in [1.54, 1.807) is 11.8 Å². The molecule has 0 radical (unpaired) electrons. The lowest BCUT2D eigenvalue weighted by molar-refractivity contribution is 0.102. The average molecular weight is 503 g/mol. The van der Waals surface area contributed by atoms with E-state index in [0.717, 1.165) is 32.9 Å². The van der Waals surface area contributed by atoms with Gasteiger partial charge in [0.2, 0.25) is 0 Å². The number of carbonyl (C=O) groups is 1. The smallest absolute Gasteiger partial charge is 0.255 e. The molecule has 3 nitrogen and oxygen atoms in total. The third-order valence-corrected chi connectivity index (χ3v) is 9.70. The first-order chi connectivity index (χ1) is 18.2. The fourth-order valence-corrected chi connectivity index (χ4v) is 8.01. The first-order valence-electron chi connectivity index (χ1n) is 13.3. The van der Waals surface area contributed by atoms with Gasteiger partial charge in [-0.2, -0.15) is 0 Å². The summed E-state index contributed by atoms with van der Waals surface area (Å²) in [6.07, 6.45) is 3.97. The van der Waals surface area contributed by atoms with E-state index in [1.165, 1.54) is 36.1 Å². The van der Waals surface area contributed by atoms with Gasteiger partial charge in [-0.3, -0.25) is 4.79 Å². The second-order valence-corrected chi connectivity index (χ2v) is 11.8. The number of hydrogen-bond donors (Lipinski definition) is 2. The number of hydrogen-bond acceptors (Lipinski definition) is 3. The highest BCUT2D eigenvalue weighted by molar-refractivity contribution is 7.99. The second-order valence-electron chi connectivity index (χ2n) is 10.6. The number of rotatable bonds is 5. The van der Waals surface area contributed by atoms with Crippen molar-refractivity contribution in [3.63, 3.8) is 0 Å². The van der Waals surface area contributed by atoms with Gasteiger partial charge in [0.25, 0.3) is 5.91 Å². The highest BCUT2D eigenvalue weighted by Crippen LogP contribution is 2.63. The molecule has 2 N–H and O–H groups in total. The SMILES string of the molecule is O=C(Nc1ccccc1Sc1ccccc1)c1ccc2c(c1)[C@@H]1[C@H]3CC[C@@H](C3)[C@H]1[C@@H](c1ccccc1)N2. The maximum Gasteiger partial charge on any atom is 0.255 e. The lowest BCUT2D eigenvalue weighted by Gasteiger charge is -2.43. The van der Waals surface area contributed by atoms with Crippen molar-refractivity contribution in [2.24, 2.45) is 17.8 Å². The van der Waals surface area contributed by atoms with Crippen molar-refractivity contribution in [1.29, 1.82) is 0 Å². The average Bonchev–Trinajstić information content (AvgIpc) is 3.58. The van der Waals surface area contributed by atoms with Gasteiger partial charge >= 0.3 is 0 Å². The molecular formula is C33H30N2OS. The van der Waals surface area contributed by atoms with Crippen molar-refractivity contribution in [2.45, 2.75) is 41.0 Å². The zero-order valence-electron chi connectivity index (χ0n) is 20.6. The van der Waals surface area contributed by atoms with E-state index in [-0.39, 0.29) is 5.91 Å². The molecule has 0 unspecified atom stereocenters. The summed E-state index contributed by atoms with van der Waals surface area (Å²) in [4.78, 5) is 15.7. The molecule has 7 rings (SSSR count). The lowest BCUT2D eigenvalue weighted by atomic mass is 9.68. The van der Waals surface area contributed by atoms with E-state index in [2.05, 4.69) is 71.3 Å². The zero-order chi connectivity index (χ0) is 24.8. The van der Waals surface area contributed by atoms with Crippen LogP contribution in [0.15, 0.2) is 113 Å². The highest BCUT2D eigenvalue weighted by Gasteiger charge is 2.53. The van der Waals surface area contributed by atoms with Crippen LogP contribution >= 0.6 is 11.8 Å². The van der Waals surface area contributed by atoms with Gasteiger partial charge in [-0.25, -0.2) is 0 Å². The zero-order valence-corrected chi connectivity index (χ0v) is 21.5. The third-order valence-electron chi connectivity index (χ3n) is 8.61. The van der Waals surface area contributed by atoms with Crippen LogP contribution in [0, 0.1) is 17.8 Å². The molecule has 4 aromatic carbocycles. The van der Waals surface area contributed by atoms with Gasteiger partial charge in [-0.15, -0.1) is 0 Å². The molecule has 37 heavy (non-hydrogen) atoms. The van der Waals surface area contributed by atoms with Crippen LogP contribution in [-0.2, 0) is 0 Å². The first kappa shape index (κ1) is 22.7. The Morgan fingerprint density at radius 2 is 1.54 bits per heavy atom. The third kappa shape index (κ3) is 4.14. The molecule has 4 heteroatoms. The Bertz CT molecular complexity index is 1440. The molecule has 1 amide bonds. The van der Waals surface area contributed by atoms with Crippen molar-refractivity contribution in [3.05, 3.63) is 120 Å². The summed E-state index contributed by atoms with van der Waals surface area (Å²) in [5.41, 5.74) is 5.49. The molecule has 4 aromatic rings. The Hall–Kier alpha value is -3.50. The summed E-state index contributed by atoms with van der Waals surface area (Å²) in [6, 6.07) is 35.9. The van der Waals surface area contributed by atoms with Crippen LogP contribution in [0.25, 0.3) is 0 Å². The van der Waals surface area contributed by atoms with Gasteiger partial charge in [0.1, 0.15) is 0 Å². The van der Waals surface area contributed by atoms with Crippen LogP contribution in [-0.4, -0.2) is 5.91 Å². The van der Waals surface area contributed by atoms with Crippen LogP contribution in [0.4, 0.5) is 11.4 Å². The predicted molar refractivity (Wildman–Crippen MR) is 151 cm³/mol.